The highest BCUT2D eigenvalue weighted by Crippen LogP contribution is 2.36. The Kier molecular flexibility index (Phi) is 7.25. The monoisotopic (exact) mass is 629 g/mol. The van der Waals surface area contributed by atoms with Crippen molar-refractivity contribution < 1.29 is 4.42 Å². The fraction of sp³-hybridized carbons (Fsp3) is 0.0444. The third-order valence-electron chi connectivity index (χ3n) is 9.25. The molecule has 0 amide bonds. The second-order valence-electron chi connectivity index (χ2n) is 12.4. The Balaban J connectivity index is 1.06. The zero-order chi connectivity index (χ0) is 32.6. The summed E-state index contributed by atoms with van der Waals surface area (Å²) in [4.78, 5) is 15.0. The summed E-state index contributed by atoms with van der Waals surface area (Å²) in [5, 5.41) is 2.23. The smallest absolute Gasteiger partial charge is 0.163 e. The molecule has 0 N–H and O–H groups in total. The van der Waals surface area contributed by atoms with Crippen molar-refractivity contribution in [2.24, 2.45) is 0 Å². The highest BCUT2D eigenvalue weighted by Gasteiger charge is 2.18. The van der Waals surface area contributed by atoms with Crippen LogP contribution in [0.1, 0.15) is 18.2 Å². The van der Waals surface area contributed by atoms with Gasteiger partial charge < -0.3 is 4.42 Å². The molecule has 8 aromatic rings. The number of hydrogen-bond donors (Lipinski definition) is 0. The summed E-state index contributed by atoms with van der Waals surface area (Å²) in [7, 11) is 0. The average Bonchev–Trinajstić information content (AvgIpc) is 3.56. The molecule has 49 heavy (non-hydrogen) atoms. The first-order chi connectivity index (χ1) is 24.2. The lowest BCUT2D eigenvalue weighted by Crippen LogP contribution is -2.07. The summed E-state index contributed by atoms with van der Waals surface area (Å²) in [6.07, 6.45) is 9.35. The van der Waals surface area contributed by atoms with Gasteiger partial charge in [0.2, 0.25) is 0 Å². The van der Waals surface area contributed by atoms with E-state index in [2.05, 4.69) is 158 Å². The van der Waals surface area contributed by atoms with E-state index in [0.717, 1.165) is 67.6 Å². The molecule has 9 rings (SSSR count). The van der Waals surface area contributed by atoms with Crippen LogP contribution in [0.3, 0.4) is 0 Å². The Morgan fingerprint density at radius 3 is 1.76 bits per heavy atom. The van der Waals surface area contributed by atoms with Crippen molar-refractivity contribution in [3.63, 3.8) is 0 Å². The van der Waals surface area contributed by atoms with Gasteiger partial charge in [0.05, 0.1) is 0 Å². The third-order valence-corrected chi connectivity index (χ3v) is 9.25. The second-order valence-corrected chi connectivity index (χ2v) is 12.4. The van der Waals surface area contributed by atoms with Crippen LogP contribution in [-0.4, -0.2) is 15.0 Å². The van der Waals surface area contributed by atoms with Crippen LogP contribution >= 0.6 is 0 Å². The highest BCUT2D eigenvalue weighted by atomic mass is 16.3. The molecule has 0 spiro atoms. The van der Waals surface area contributed by atoms with Gasteiger partial charge in [0.15, 0.2) is 11.6 Å². The Labute approximate surface area is 284 Å². The van der Waals surface area contributed by atoms with E-state index in [4.69, 9.17) is 19.4 Å². The van der Waals surface area contributed by atoms with Crippen LogP contribution in [-0.2, 0) is 0 Å². The number of rotatable bonds is 6. The van der Waals surface area contributed by atoms with Gasteiger partial charge in [-0.2, -0.15) is 0 Å². The quantitative estimate of drug-likeness (QED) is 0.184. The van der Waals surface area contributed by atoms with Crippen LogP contribution in [0.4, 0.5) is 0 Å². The van der Waals surface area contributed by atoms with E-state index in [1.807, 2.05) is 12.1 Å². The molecule has 2 heterocycles. The molecule has 2 aromatic heterocycles. The van der Waals surface area contributed by atoms with E-state index in [1.165, 1.54) is 11.1 Å². The molecule has 232 valence electrons. The lowest BCUT2D eigenvalue weighted by molar-refractivity contribution is 0.669. The van der Waals surface area contributed by atoms with E-state index in [0.29, 0.717) is 11.6 Å². The molecule has 1 unspecified atom stereocenters. The fourth-order valence-electron chi connectivity index (χ4n) is 6.64. The summed E-state index contributed by atoms with van der Waals surface area (Å²) in [5.74, 6) is 2.22. The van der Waals surface area contributed by atoms with Crippen LogP contribution in [0.2, 0.25) is 0 Å². The van der Waals surface area contributed by atoms with Crippen molar-refractivity contribution in [3.8, 4) is 56.2 Å². The maximum Gasteiger partial charge on any atom is 0.163 e. The zero-order valence-corrected chi connectivity index (χ0v) is 26.7. The van der Waals surface area contributed by atoms with Crippen molar-refractivity contribution >= 4 is 21.9 Å². The molecule has 0 saturated carbocycles. The van der Waals surface area contributed by atoms with Gasteiger partial charge in [-0.05, 0) is 70.1 Å². The molecule has 0 bridgehead atoms. The van der Waals surface area contributed by atoms with Crippen LogP contribution < -0.4 is 0 Å². The first-order valence-electron chi connectivity index (χ1n) is 16.6. The summed E-state index contributed by atoms with van der Waals surface area (Å²) in [6, 6.07) is 50.6. The summed E-state index contributed by atoms with van der Waals surface area (Å²) in [6.45, 7) is 0. The van der Waals surface area contributed by atoms with Gasteiger partial charge in [-0.3, -0.25) is 0 Å². The number of benzene rings is 6. The third kappa shape index (κ3) is 5.64. The van der Waals surface area contributed by atoms with E-state index < -0.39 is 0 Å². The molecule has 1 aliphatic rings. The Morgan fingerprint density at radius 1 is 0.429 bits per heavy atom. The molecular weight excluding hydrogens is 599 g/mol. The van der Waals surface area contributed by atoms with Gasteiger partial charge in [-0.25, -0.2) is 15.0 Å². The van der Waals surface area contributed by atoms with E-state index in [-0.39, 0.29) is 5.92 Å². The lowest BCUT2D eigenvalue weighted by atomic mass is 9.99. The molecule has 4 nitrogen and oxygen atoms in total. The minimum atomic E-state index is 0.0985. The van der Waals surface area contributed by atoms with Crippen molar-refractivity contribution in [1.82, 2.24) is 15.0 Å². The van der Waals surface area contributed by atoms with Gasteiger partial charge in [0, 0.05) is 27.8 Å². The van der Waals surface area contributed by atoms with Crippen molar-refractivity contribution in [2.75, 3.05) is 0 Å². The van der Waals surface area contributed by atoms with E-state index in [1.54, 1.807) is 0 Å². The van der Waals surface area contributed by atoms with Crippen LogP contribution in [0.25, 0.3) is 78.1 Å². The lowest BCUT2D eigenvalue weighted by Gasteiger charge is -2.15. The molecule has 1 aliphatic carbocycles. The second kappa shape index (κ2) is 12.3. The number of aromatic nitrogens is 3. The number of allylic oxidation sites excluding steroid dienone is 4. The predicted octanol–water partition coefficient (Wildman–Crippen LogP) is 11.7. The number of fused-ring (bicyclic) bond motifs is 3. The molecule has 4 heteroatoms. The Bertz CT molecular complexity index is 2510. The Morgan fingerprint density at radius 2 is 1.02 bits per heavy atom. The molecule has 6 aromatic carbocycles. The zero-order valence-electron chi connectivity index (χ0n) is 26.7. The molecule has 0 radical (unpaired) electrons. The van der Waals surface area contributed by atoms with Gasteiger partial charge in [-0.1, -0.05) is 140 Å². The number of hydrogen-bond acceptors (Lipinski definition) is 4. The van der Waals surface area contributed by atoms with Gasteiger partial charge >= 0.3 is 0 Å². The van der Waals surface area contributed by atoms with Crippen LogP contribution in [0.5, 0.6) is 0 Å². The minimum absolute atomic E-state index is 0.0985. The number of furan rings is 1. The molecule has 0 fully saturated rings. The molecule has 0 aliphatic heterocycles. The van der Waals surface area contributed by atoms with E-state index in [9.17, 15) is 0 Å². The van der Waals surface area contributed by atoms with Gasteiger partial charge in [0.25, 0.3) is 0 Å². The van der Waals surface area contributed by atoms with Crippen molar-refractivity contribution in [2.45, 2.75) is 12.3 Å². The van der Waals surface area contributed by atoms with Crippen molar-refractivity contribution in [1.29, 1.82) is 0 Å². The molecule has 1 atom stereocenters. The topological polar surface area (TPSA) is 51.8 Å². The maximum atomic E-state index is 6.32. The fourth-order valence-corrected chi connectivity index (χ4v) is 6.64. The number of nitrogens with zero attached hydrogens (tertiary/aromatic N) is 3. The first kappa shape index (κ1) is 28.8. The predicted molar refractivity (Wildman–Crippen MR) is 200 cm³/mol. The normalized spacial score (nSPS) is 14.1. The van der Waals surface area contributed by atoms with Crippen LogP contribution in [0, 0.1) is 0 Å². The van der Waals surface area contributed by atoms with Crippen molar-refractivity contribution in [3.05, 3.63) is 176 Å². The summed E-state index contributed by atoms with van der Waals surface area (Å²) < 4.78 is 6.32. The molecular formula is C45H31N3O. The van der Waals surface area contributed by atoms with E-state index >= 15 is 0 Å². The summed E-state index contributed by atoms with van der Waals surface area (Å²) in [5.41, 5.74) is 10.5. The van der Waals surface area contributed by atoms with Gasteiger partial charge in [-0.15, -0.1) is 0 Å². The summed E-state index contributed by atoms with van der Waals surface area (Å²) >= 11 is 0. The largest absolute Gasteiger partial charge is 0.456 e. The van der Waals surface area contributed by atoms with Crippen LogP contribution in [0.15, 0.2) is 174 Å². The molecule has 0 saturated heterocycles. The minimum Gasteiger partial charge on any atom is -0.456 e. The average molecular weight is 630 g/mol. The van der Waals surface area contributed by atoms with Gasteiger partial charge in [0.1, 0.15) is 17.0 Å². The highest BCUT2D eigenvalue weighted by molar-refractivity contribution is 6.07. The standard InChI is InChI=1S/C45H31N3O/c1-4-11-30(12-5-1)35-17-10-18-38(27-35)45-47-43(33-15-8-3-9-16-33)46-44(48-45)34-21-19-32(20-22-34)37-23-25-39-40-28-36(31-13-6-2-7-14-31)24-26-41(40)49-42(39)29-37/h1-15,17-29,33H,16H2. The maximum absolute atomic E-state index is 6.32. The SMILES string of the molecule is C1=CCC(c2nc(-c3ccc(-c4ccc5c(c4)oc4ccc(-c6ccccc6)cc45)cc3)nc(-c3cccc(-c4ccccc4)c3)n2)C=C1. The Hall–Kier alpha value is -6.39. The first-order valence-corrected chi connectivity index (χ1v) is 16.6.